The van der Waals surface area contributed by atoms with E-state index in [1.807, 2.05) is 25.1 Å². The zero-order valence-electron chi connectivity index (χ0n) is 11.1. The van der Waals surface area contributed by atoms with Gasteiger partial charge in [0.15, 0.2) is 0 Å². The van der Waals surface area contributed by atoms with Crippen LogP contribution in [-0.2, 0) is 6.42 Å². The highest BCUT2D eigenvalue weighted by Crippen LogP contribution is 2.21. The van der Waals surface area contributed by atoms with E-state index in [4.69, 9.17) is 0 Å². The van der Waals surface area contributed by atoms with E-state index in [0.29, 0.717) is 0 Å². The minimum absolute atomic E-state index is 0.241. The van der Waals surface area contributed by atoms with E-state index in [1.165, 1.54) is 12.1 Å². The molecule has 0 unspecified atom stereocenters. The van der Waals surface area contributed by atoms with Gasteiger partial charge in [-0.25, -0.2) is 14.4 Å². The van der Waals surface area contributed by atoms with Crippen molar-refractivity contribution in [1.29, 1.82) is 0 Å². The summed E-state index contributed by atoms with van der Waals surface area (Å²) >= 11 is 0. The van der Waals surface area contributed by atoms with Crippen molar-refractivity contribution in [2.45, 2.75) is 6.42 Å². The Labute approximate surface area is 112 Å². The molecule has 0 saturated heterocycles. The Bertz CT molecular complexity index is 527. The number of benzene rings is 1. The third-order valence-corrected chi connectivity index (χ3v) is 2.85. The van der Waals surface area contributed by atoms with E-state index >= 15 is 0 Å². The SMILES string of the molecule is CNCCc1nccc(N(C)c2ccc(F)cc2)n1. The Hall–Kier alpha value is -2.01. The number of hydrogen-bond acceptors (Lipinski definition) is 4. The summed E-state index contributed by atoms with van der Waals surface area (Å²) < 4.78 is 12.9. The van der Waals surface area contributed by atoms with Crippen LogP contribution in [0.1, 0.15) is 5.82 Å². The smallest absolute Gasteiger partial charge is 0.136 e. The summed E-state index contributed by atoms with van der Waals surface area (Å²) in [7, 11) is 3.80. The summed E-state index contributed by atoms with van der Waals surface area (Å²) in [5.74, 6) is 1.35. The van der Waals surface area contributed by atoms with Crippen LogP contribution in [-0.4, -0.2) is 30.6 Å². The lowest BCUT2D eigenvalue weighted by Gasteiger charge is -2.18. The first-order valence-corrected chi connectivity index (χ1v) is 6.16. The Morgan fingerprint density at radius 1 is 1.21 bits per heavy atom. The van der Waals surface area contributed by atoms with Crippen molar-refractivity contribution in [2.24, 2.45) is 0 Å². The zero-order chi connectivity index (χ0) is 13.7. The van der Waals surface area contributed by atoms with Crippen molar-refractivity contribution in [3.63, 3.8) is 0 Å². The fourth-order valence-corrected chi connectivity index (χ4v) is 1.73. The first kappa shape index (κ1) is 13.4. The predicted molar refractivity (Wildman–Crippen MR) is 74.1 cm³/mol. The molecule has 0 atom stereocenters. The average Bonchev–Trinajstić information content (AvgIpc) is 2.45. The van der Waals surface area contributed by atoms with Crippen molar-refractivity contribution in [1.82, 2.24) is 15.3 Å². The molecule has 1 heterocycles. The van der Waals surface area contributed by atoms with E-state index in [1.54, 1.807) is 18.3 Å². The second-order valence-electron chi connectivity index (χ2n) is 4.22. The third kappa shape index (κ3) is 3.48. The molecule has 1 aromatic carbocycles. The van der Waals surface area contributed by atoms with Gasteiger partial charge in [-0.1, -0.05) is 0 Å². The van der Waals surface area contributed by atoms with Crippen LogP contribution in [0.25, 0.3) is 0 Å². The highest BCUT2D eigenvalue weighted by Gasteiger charge is 2.06. The van der Waals surface area contributed by atoms with Gasteiger partial charge in [-0.15, -0.1) is 0 Å². The van der Waals surface area contributed by atoms with Crippen molar-refractivity contribution >= 4 is 11.5 Å². The van der Waals surface area contributed by atoms with E-state index in [9.17, 15) is 4.39 Å². The lowest BCUT2D eigenvalue weighted by atomic mass is 10.3. The van der Waals surface area contributed by atoms with Crippen molar-refractivity contribution < 1.29 is 4.39 Å². The fourth-order valence-electron chi connectivity index (χ4n) is 1.73. The van der Waals surface area contributed by atoms with Crippen LogP contribution in [0.15, 0.2) is 36.5 Å². The molecule has 19 heavy (non-hydrogen) atoms. The number of aromatic nitrogens is 2. The molecule has 0 bridgehead atoms. The monoisotopic (exact) mass is 260 g/mol. The van der Waals surface area contributed by atoms with Crippen LogP contribution < -0.4 is 10.2 Å². The normalized spacial score (nSPS) is 10.5. The van der Waals surface area contributed by atoms with Crippen molar-refractivity contribution in [3.8, 4) is 0 Å². The first-order chi connectivity index (χ1) is 9.20. The second kappa shape index (κ2) is 6.24. The Kier molecular flexibility index (Phi) is 4.41. The summed E-state index contributed by atoms with van der Waals surface area (Å²) in [5.41, 5.74) is 0.889. The minimum atomic E-state index is -0.241. The molecule has 1 aromatic heterocycles. The number of nitrogens with zero attached hydrogens (tertiary/aromatic N) is 3. The van der Waals surface area contributed by atoms with Gasteiger partial charge in [0.05, 0.1) is 0 Å². The molecule has 4 nitrogen and oxygen atoms in total. The number of halogens is 1. The largest absolute Gasteiger partial charge is 0.329 e. The van der Waals surface area contributed by atoms with Crippen molar-refractivity contribution in [2.75, 3.05) is 25.5 Å². The molecule has 0 radical (unpaired) electrons. The van der Waals surface area contributed by atoms with Gasteiger partial charge in [-0.2, -0.15) is 0 Å². The Morgan fingerprint density at radius 3 is 2.63 bits per heavy atom. The average molecular weight is 260 g/mol. The summed E-state index contributed by atoms with van der Waals surface area (Å²) in [5, 5.41) is 3.07. The molecule has 5 heteroatoms. The van der Waals surface area contributed by atoms with Crippen molar-refractivity contribution in [3.05, 3.63) is 48.2 Å². The summed E-state index contributed by atoms with van der Waals surface area (Å²) in [6, 6.07) is 8.17. The molecule has 100 valence electrons. The maximum absolute atomic E-state index is 12.9. The molecule has 0 aliphatic carbocycles. The van der Waals surface area contributed by atoms with E-state index < -0.39 is 0 Å². The minimum Gasteiger partial charge on any atom is -0.329 e. The lowest BCUT2D eigenvalue weighted by Crippen LogP contribution is -2.15. The van der Waals surface area contributed by atoms with E-state index in [2.05, 4.69) is 15.3 Å². The van der Waals surface area contributed by atoms with Gasteiger partial charge >= 0.3 is 0 Å². The Balaban J connectivity index is 2.18. The molecule has 2 aromatic rings. The van der Waals surface area contributed by atoms with Gasteiger partial charge in [0.1, 0.15) is 17.5 Å². The molecule has 0 aliphatic heterocycles. The predicted octanol–water partition coefficient (Wildman–Crippen LogP) is 2.15. The Morgan fingerprint density at radius 2 is 1.95 bits per heavy atom. The number of hydrogen-bond donors (Lipinski definition) is 1. The van der Waals surface area contributed by atoms with Crippen LogP contribution in [0.3, 0.4) is 0 Å². The van der Waals surface area contributed by atoms with Gasteiger partial charge in [0.2, 0.25) is 0 Å². The maximum Gasteiger partial charge on any atom is 0.136 e. The molecule has 1 N–H and O–H groups in total. The van der Waals surface area contributed by atoms with Gasteiger partial charge in [0, 0.05) is 31.9 Å². The maximum atomic E-state index is 12.9. The number of anilines is 2. The molecule has 0 fully saturated rings. The molecule has 0 spiro atoms. The number of likely N-dealkylation sites (N-methyl/N-ethyl adjacent to an activating group) is 1. The summed E-state index contributed by atoms with van der Waals surface area (Å²) in [6.07, 6.45) is 2.52. The van der Waals surface area contributed by atoms with Crippen LogP contribution in [0.2, 0.25) is 0 Å². The zero-order valence-corrected chi connectivity index (χ0v) is 11.1. The first-order valence-electron chi connectivity index (χ1n) is 6.16. The highest BCUT2D eigenvalue weighted by atomic mass is 19.1. The highest BCUT2D eigenvalue weighted by molar-refractivity contribution is 5.58. The quantitative estimate of drug-likeness (QED) is 0.894. The summed E-state index contributed by atoms with van der Waals surface area (Å²) in [4.78, 5) is 10.6. The molecule has 2 rings (SSSR count). The van der Waals surface area contributed by atoms with Gasteiger partial charge in [0.25, 0.3) is 0 Å². The lowest BCUT2D eigenvalue weighted by molar-refractivity contribution is 0.628. The van der Waals surface area contributed by atoms with Gasteiger partial charge < -0.3 is 10.2 Å². The van der Waals surface area contributed by atoms with Crippen LogP contribution >= 0.6 is 0 Å². The van der Waals surface area contributed by atoms with E-state index in [-0.39, 0.29) is 5.82 Å². The van der Waals surface area contributed by atoms with Crippen LogP contribution in [0, 0.1) is 5.82 Å². The van der Waals surface area contributed by atoms with Gasteiger partial charge in [-0.3, -0.25) is 0 Å². The molecular weight excluding hydrogens is 243 g/mol. The fraction of sp³-hybridized carbons (Fsp3) is 0.286. The van der Waals surface area contributed by atoms with E-state index in [0.717, 1.165) is 30.3 Å². The van der Waals surface area contributed by atoms with Crippen LogP contribution in [0.5, 0.6) is 0 Å². The number of nitrogens with one attached hydrogen (secondary N) is 1. The summed E-state index contributed by atoms with van der Waals surface area (Å²) in [6.45, 7) is 0.837. The molecule has 0 saturated carbocycles. The van der Waals surface area contributed by atoms with Gasteiger partial charge in [-0.05, 0) is 37.4 Å². The third-order valence-electron chi connectivity index (χ3n) is 2.85. The second-order valence-corrected chi connectivity index (χ2v) is 4.22. The molecule has 0 aliphatic rings. The van der Waals surface area contributed by atoms with Crippen LogP contribution in [0.4, 0.5) is 15.9 Å². The number of rotatable bonds is 5. The topological polar surface area (TPSA) is 41.1 Å². The molecule has 0 amide bonds. The standard InChI is InChI=1S/C14H17FN4/c1-16-9-7-13-17-10-8-14(18-13)19(2)12-5-3-11(15)4-6-12/h3-6,8,10,16H,7,9H2,1-2H3. The molecular formula is C14H17FN4.